The molecule has 5 heteroatoms. The smallest absolute Gasteiger partial charge is 0.220 e. The predicted octanol–water partition coefficient (Wildman–Crippen LogP) is 3.85. The summed E-state index contributed by atoms with van der Waals surface area (Å²) in [5.41, 5.74) is 9.45. The molecule has 21 heavy (non-hydrogen) atoms. The number of methoxy groups -OCH3 is 1. The molecule has 0 saturated heterocycles. The van der Waals surface area contributed by atoms with E-state index in [9.17, 15) is 0 Å². The van der Waals surface area contributed by atoms with E-state index in [0.717, 1.165) is 27.7 Å². The SMILES string of the molecule is COc1cc(-c2ccc3nc(N)nc(C)c3c2)ccc1Cl. The highest BCUT2D eigenvalue weighted by Gasteiger charge is 2.07. The number of rotatable bonds is 2. The molecule has 0 aliphatic heterocycles. The Kier molecular flexibility index (Phi) is 3.39. The molecule has 0 atom stereocenters. The van der Waals surface area contributed by atoms with Crippen molar-refractivity contribution in [1.82, 2.24) is 9.97 Å². The van der Waals surface area contributed by atoms with Gasteiger partial charge in [-0.1, -0.05) is 23.7 Å². The number of hydrogen-bond acceptors (Lipinski definition) is 4. The zero-order valence-corrected chi connectivity index (χ0v) is 12.5. The zero-order valence-electron chi connectivity index (χ0n) is 11.7. The molecular weight excluding hydrogens is 286 g/mol. The summed E-state index contributed by atoms with van der Waals surface area (Å²) in [7, 11) is 1.60. The summed E-state index contributed by atoms with van der Waals surface area (Å²) in [5.74, 6) is 0.945. The van der Waals surface area contributed by atoms with Crippen LogP contribution in [-0.4, -0.2) is 17.1 Å². The van der Waals surface area contributed by atoms with Crippen LogP contribution in [0.25, 0.3) is 22.0 Å². The number of hydrogen-bond donors (Lipinski definition) is 1. The maximum atomic E-state index is 6.06. The Morgan fingerprint density at radius 1 is 1.05 bits per heavy atom. The molecule has 1 heterocycles. The van der Waals surface area contributed by atoms with E-state index in [-0.39, 0.29) is 0 Å². The molecule has 0 aliphatic carbocycles. The largest absolute Gasteiger partial charge is 0.495 e. The fourth-order valence-electron chi connectivity index (χ4n) is 2.32. The molecule has 0 unspecified atom stereocenters. The first-order valence-corrected chi connectivity index (χ1v) is 6.84. The summed E-state index contributed by atoms with van der Waals surface area (Å²) in [4.78, 5) is 8.45. The van der Waals surface area contributed by atoms with Crippen molar-refractivity contribution in [2.24, 2.45) is 0 Å². The molecule has 0 bridgehead atoms. The van der Waals surface area contributed by atoms with Crippen molar-refractivity contribution in [1.29, 1.82) is 0 Å². The van der Waals surface area contributed by atoms with Gasteiger partial charge in [-0.3, -0.25) is 0 Å². The standard InChI is InChI=1S/C16H14ClN3O/c1-9-12-7-10(4-6-14(12)20-16(18)19-9)11-3-5-13(17)15(8-11)21-2/h3-8H,1-2H3,(H2,18,19,20). The number of aryl methyl sites for hydroxylation is 1. The number of nitrogen functional groups attached to an aromatic ring is 1. The molecule has 0 radical (unpaired) electrons. The third-order valence-corrected chi connectivity index (χ3v) is 3.70. The molecule has 0 aliphatic rings. The minimum Gasteiger partial charge on any atom is -0.495 e. The van der Waals surface area contributed by atoms with Gasteiger partial charge in [0.25, 0.3) is 0 Å². The first kappa shape index (κ1) is 13.6. The van der Waals surface area contributed by atoms with Gasteiger partial charge in [-0.05, 0) is 42.3 Å². The van der Waals surface area contributed by atoms with E-state index >= 15 is 0 Å². The number of ether oxygens (including phenoxy) is 1. The second-order valence-electron chi connectivity index (χ2n) is 4.75. The van der Waals surface area contributed by atoms with Gasteiger partial charge in [0.15, 0.2) is 0 Å². The van der Waals surface area contributed by atoms with Crippen LogP contribution in [0.3, 0.4) is 0 Å². The Hall–Kier alpha value is -2.33. The average Bonchev–Trinajstić information content (AvgIpc) is 2.47. The number of halogens is 1. The van der Waals surface area contributed by atoms with Gasteiger partial charge in [0.2, 0.25) is 5.95 Å². The van der Waals surface area contributed by atoms with E-state index in [4.69, 9.17) is 22.1 Å². The number of fused-ring (bicyclic) bond motifs is 1. The fraction of sp³-hybridized carbons (Fsp3) is 0.125. The quantitative estimate of drug-likeness (QED) is 0.781. The van der Waals surface area contributed by atoms with Gasteiger partial charge in [0, 0.05) is 5.39 Å². The monoisotopic (exact) mass is 299 g/mol. The van der Waals surface area contributed by atoms with Crippen LogP contribution >= 0.6 is 11.6 Å². The maximum Gasteiger partial charge on any atom is 0.220 e. The molecule has 0 spiro atoms. The van der Waals surface area contributed by atoms with Crippen LogP contribution in [0.4, 0.5) is 5.95 Å². The number of anilines is 1. The van der Waals surface area contributed by atoms with Gasteiger partial charge in [-0.2, -0.15) is 0 Å². The Balaban J connectivity index is 2.17. The summed E-state index contributed by atoms with van der Waals surface area (Å²) >= 11 is 6.06. The minimum atomic E-state index is 0.293. The average molecular weight is 300 g/mol. The molecule has 0 fully saturated rings. The molecule has 3 rings (SSSR count). The van der Waals surface area contributed by atoms with Crippen LogP contribution in [0.5, 0.6) is 5.75 Å². The third kappa shape index (κ3) is 2.50. The molecule has 106 valence electrons. The molecule has 2 aromatic carbocycles. The normalized spacial score (nSPS) is 10.8. The lowest BCUT2D eigenvalue weighted by molar-refractivity contribution is 0.415. The highest BCUT2D eigenvalue weighted by molar-refractivity contribution is 6.32. The van der Waals surface area contributed by atoms with Crippen LogP contribution in [-0.2, 0) is 0 Å². The number of nitrogens with zero attached hydrogens (tertiary/aromatic N) is 2. The van der Waals surface area contributed by atoms with Crippen molar-refractivity contribution in [2.45, 2.75) is 6.92 Å². The maximum absolute atomic E-state index is 6.06. The molecular formula is C16H14ClN3O. The van der Waals surface area contributed by atoms with Gasteiger partial charge in [0.05, 0.1) is 23.3 Å². The van der Waals surface area contributed by atoms with Crippen molar-refractivity contribution in [3.63, 3.8) is 0 Å². The molecule has 4 nitrogen and oxygen atoms in total. The predicted molar refractivity (Wildman–Crippen MR) is 85.7 cm³/mol. The van der Waals surface area contributed by atoms with Crippen LogP contribution in [0.2, 0.25) is 5.02 Å². The Labute approximate surface area is 127 Å². The van der Waals surface area contributed by atoms with Crippen molar-refractivity contribution in [3.05, 3.63) is 47.1 Å². The third-order valence-electron chi connectivity index (χ3n) is 3.39. The first-order valence-electron chi connectivity index (χ1n) is 6.46. The van der Waals surface area contributed by atoms with Crippen LogP contribution in [0.15, 0.2) is 36.4 Å². The van der Waals surface area contributed by atoms with Crippen LogP contribution in [0, 0.1) is 6.92 Å². The highest BCUT2D eigenvalue weighted by atomic mass is 35.5. The minimum absolute atomic E-state index is 0.293. The molecule has 2 N–H and O–H groups in total. The first-order chi connectivity index (χ1) is 10.1. The Bertz CT molecular complexity index is 833. The molecule has 0 saturated carbocycles. The van der Waals surface area contributed by atoms with Crippen molar-refractivity contribution >= 4 is 28.5 Å². The second-order valence-corrected chi connectivity index (χ2v) is 5.16. The van der Waals surface area contributed by atoms with Gasteiger partial charge >= 0.3 is 0 Å². The summed E-state index contributed by atoms with van der Waals surface area (Å²) in [6.07, 6.45) is 0. The topological polar surface area (TPSA) is 61.0 Å². The van der Waals surface area contributed by atoms with Gasteiger partial charge in [-0.25, -0.2) is 9.97 Å². The zero-order chi connectivity index (χ0) is 15.0. The number of aromatic nitrogens is 2. The van der Waals surface area contributed by atoms with Gasteiger partial charge in [0.1, 0.15) is 5.75 Å². The van der Waals surface area contributed by atoms with E-state index in [2.05, 4.69) is 9.97 Å². The van der Waals surface area contributed by atoms with Gasteiger partial charge < -0.3 is 10.5 Å². The molecule has 1 aromatic heterocycles. The summed E-state index contributed by atoms with van der Waals surface area (Å²) in [6, 6.07) is 11.7. The second kappa shape index (κ2) is 5.22. The molecule has 0 amide bonds. The Morgan fingerprint density at radius 3 is 2.52 bits per heavy atom. The number of nitrogens with two attached hydrogens (primary N) is 1. The van der Waals surface area contributed by atoms with E-state index in [0.29, 0.717) is 16.7 Å². The summed E-state index contributed by atoms with van der Waals surface area (Å²) in [6.45, 7) is 1.92. The van der Waals surface area contributed by atoms with E-state index in [1.807, 2.05) is 43.3 Å². The lowest BCUT2D eigenvalue weighted by Gasteiger charge is -2.09. The Morgan fingerprint density at radius 2 is 1.76 bits per heavy atom. The van der Waals surface area contributed by atoms with Crippen molar-refractivity contribution < 1.29 is 4.74 Å². The van der Waals surface area contributed by atoms with E-state index < -0.39 is 0 Å². The van der Waals surface area contributed by atoms with Crippen LogP contribution in [0.1, 0.15) is 5.69 Å². The van der Waals surface area contributed by atoms with Gasteiger partial charge in [-0.15, -0.1) is 0 Å². The summed E-state index contributed by atoms with van der Waals surface area (Å²) in [5, 5.41) is 1.57. The lowest BCUT2D eigenvalue weighted by Crippen LogP contribution is -1.97. The van der Waals surface area contributed by atoms with E-state index in [1.165, 1.54) is 0 Å². The van der Waals surface area contributed by atoms with E-state index in [1.54, 1.807) is 7.11 Å². The number of benzene rings is 2. The molecule has 3 aromatic rings. The fourth-order valence-corrected chi connectivity index (χ4v) is 2.52. The van der Waals surface area contributed by atoms with Crippen LogP contribution < -0.4 is 10.5 Å². The highest BCUT2D eigenvalue weighted by Crippen LogP contribution is 2.32. The van der Waals surface area contributed by atoms with Crippen molar-refractivity contribution in [3.8, 4) is 16.9 Å². The summed E-state index contributed by atoms with van der Waals surface area (Å²) < 4.78 is 5.26. The lowest BCUT2D eigenvalue weighted by atomic mass is 10.0. The van der Waals surface area contributed by atoms with Crippen molar-refractivity contribution in [2.75, 3.05) is 12.8 Å².